The van der Waals surface area contributed by atoms with Gasteiger partial charge in [-0.2, -0.15) is 5.26 Å². The quantitative estimate of drug-likeness (QED) is 0.178. The molecule has 3 aromatic rings. The Balaban J connectivity index is 1.37. The van der Waals surface area contributed by atoms with Gasteiger partial charge in [-0.1, -0.05) is 26.0 Å². The number of anilines is 1. The van der Waals surface area contributed by atoms with Crippen molar-refractivity contribution in [3.05, 3.63) is 70.4 Å². The molecule has 14 nitrogen and oxygen atoms in total. The summed E-state index contributed by atoms with van der Waals surface area (Å²) < 4.78 is 23.9. The molecule has 3 N–H and O–H groups in total. The average molecular weight is 836 g/mol. The van der Waals surface area contributed by atoms with Crippen LogP contribution >= 0.6 is 0 Å². The summed E-state index contributed by atoms with van der Waals surface area (Å²) in [5.74, 6) is -1.77. The SMILES string of the molecule is CC[C@]1(O)C[C@H]2CN(CCc3c([nH]c4ccc(C#N)cc34)[C@@](C(=O)OC)(c3cc4c(cc3OC)N(C)[C@H]3[C@@](O)(C(=O)OC)[C@H](OC(C)=O)[C@]5(CC)C=CCN6CC[C@]43[C@@H]65)C2)C1. The number of aromatic amines is 1. The number of esters is 3. The van der Waals surface area contributed by atoms with Crippen molar-refractivity contribution in [3.63, 3.8) is 0 Å². The van der Waals surface area contributed by atoms with Crippen molar-refractivity contribution in [1.82, 2.24) is 14.8 Å². The minimum absolute atomic E-state index is 0.154. The number of piperidine rings is 1. The van der Waals surface area contributed by atoms with Gasteiger partial charge in [-0.15, -0.1) is 0 Å². The molecule has 3 fully saturated rings. The maximum absolute atomic E-state index is 15.4. The van der Waals surface area contributed by atoms with Gasteiger partial charge < -0.3 is 39.0 Å². The summed E-state index contributed by atoms with van der Waals surface area (Å²) >= 11 is 0. The zero-order valence-electron chi connectivity index (χ0n) is 36.2. The molecule has 1 unspecified atom stereocenters. The van der Waals surface area contributed by atoms with Crippen LogP contribution in [0.4, 0.5) is 5.69 Å². The second kappa shape index (κ2) is 14.3. The first-order valence-electron chi connectivity index (χ1n) is 21.6. The summed E-state index contributed by atoms with van der Waals surface area (Å²) in [6.45, 7) is 8.34. The third-order valence-electron chi connectivity index (χ3n) is 15.8. The number of aromatic nitrogens is 1. The molecule has 0 radical (unpaired) electrons. The van der Waals surface area contributed by atoms with Gasteiger partial charge in [0.1, 0.15) is 11.2 Å². The van der Waals surface area contributed by atoms with Crippen molar-refractivity contribution in [2.24, 2.45) is 11.3 Å². The monoisotopic (exact) mass is 835 g/mol. The highest BCUT2D eigenvalue weighted by Crippen LogP contribution is 2.68. The van der Waals surface area contributed by atoms with Crippen LogP contribution in [0.15, 0.2) is 42.5 Å². The van der Waals surface area contributed by atoms with E-state index in [2.05, 4.69) is 26.9 Å². The molecule has 10 atom stereocenters. The minimum Gasteiger partial charge on any atom is -0.496 e. The number of hydrogen-bond acceptors (Lipinski definition) is 13. The number of ether oxygens (including phenoxy) is 4. The molecule has 6 aliphatic rings. The second-order valence-electron chi connectivity index (χ2n) is 18.5. The molecule has 324 valence electrons. The molecule has 1 spiro atoms. The number of aliphatic hydroxyl groups is 2. The van der Waals surface area contributed by atoms with E-state index in [1.54, 1.807) is 13.2 Å². The van der Waals surface area contributed by atoms with Crippen molar-refractivity contribution in [2.45, 2.75) is 99.5 Å². The number of benzene rings is 2. The number of rotatable bonds is 7. The Labute approximate surface area is 356 Å². The van der Waals surface area contributed by atoms with E-state index in [1.165, 1.54) is 21.1 Å². The van der Waals surface area contributed by atoms with Gasteiger partial charge in [-0.25, -0.2) is 4.79 Å². The Bertz CT molecular complexity index is 2410. The fourth-order valence-electron chi connectivity index (χ4n) is 13.6. The Morgan fingerprint density at radius 1 is 0.984 bits per heavy atom. The number of nitrogens with zero attached hydrogens (tertiary/aromatic N) is 4. The zero-order chi connectivity index (χ0) is 43.4. The van der Waals surface area contributed by atoms with Crippen molar-refractivity contribution in [1.29, 1.82) is 5.26 Å². The zero-order valence-corrected chi connectivity index (χ0v) is 36.2. The Hall–Kier alpha value is -4.94. The number of carbonyl (C=O) groups excluding carboxylic acids is 3. The van der Waals surface area contributed by atoms with Crippen molar-refractivity contribution < 1.29 is 43.5 Å². The summed E-state index contributed by atoms with van der Waals surface area (Å²) in [5.41, 5.74) is -1.86. The lowest BCUT2D eigenvalue weighted by molar-refractivity contribution is -0.228. The number of H-pyrrole nitrogens is 1. The van der Waals surface area contributed by atoms with Crippen LogP contribution in [0, 0.1) is 22.7 Å². The van der Waals surface area contributed by atoms with Gasteiger partial charge in [0, 0.05) is 90.9 Å². The number of hydrogen-bond donors (Lipinski definition) is 3. The molecule has 61 heavy (non-hydrogen) atoms. The largest absolute Gasteiger partial charge is 0.496 e. The van der Waals surface area contributed by atoms with Gasteiger partial charge in [0.2, 0.25) is 5.60 Å². The van der Waals surface area contributed by atoms with Gasteiger partial charge >= 0.3 is 17.9 Å². The maximum Gasteiger partial charge on any atom is 0.344 e. The van der Waals surface area contributed by atoms with E-state index in [1.807, 2.05) is 56.1 Å². The molecule has 1 aromatic heterocycles. The normalized spacial score (nSPS) is 36.0. The van der Waals surface area contributed by atoms with E-state index in [0.717, 1.165) is 22.0 Å². The number of fused-ring (bicyclic) bond motifs is 6. The highest BCUT2D eigenvalue weighted by molar-refractivity contribution is 5.95. The third-order valence-corrected chi connectivity index (χ3v) is 15.8. The Kier molecular flexibility index (Phi) is 9.71. The van der Waals surface area contributed by atoms with Gasteiger partial charge in [-0.3, -0.25) is 19.4 Å². The summed E-state index contributed by atoms with van der Waals surface area (Å²) in [6.07, 6.45) is 5.58. The van der Waals surface area contributed by atoms with E-state index >= 15 is 4.79 Å². The minimum atomic E-state index is -2.33. The molecule has 0 amide bonds. The van der Waals surface area contributed by atoms with Crippen LogP contribution in [-0.4, -0.2) is 133 Å². The van der Waals surface area contributed by atoms with Crippen molar-refractivity contribution >= 4 is 34.5 Å². The van der Waals surface area contributed by atoms with Crippen LogP contribution in [0.3, 0.4) is 0 Å². The Morgan fingerprint density at radius 2 is 1.75 bits per heavy atom. The summed E-state index contributed by atoms with van der Waals surface area (Å²) in [6, 6.07) is 10.5. The molecule has 9 rings (SSSR count). The van der Waals surface area contributed by atoms with Crippen LogP contribution in [-0.2, 0) is 45.8 Å². The molecule has 14 heteroatoms. The lowest BCUT2D eigenvalue weighted by atomic mass is 9.47. The Morgan fingerprint density at radius 3 is 2.43 bits per heavy atom. The third kappa shape index (κ3) is 5.42. The summed E-state index contributed by atoms with van der Waals surface area (Å²) in [7, 11) is 6.06. The van der Waals surface area contributed by atoms with E-state index in [9.17, 15) is 25.1 Å². The van der Waals surface area contributed by atoms with E-state index in [4.69, 9.17) is 18.9 Å². The van der Waals surface area contributed by atoms with Gasteiger partial charge in [0.25, 0.3) is 0 Å². The van der Waals surface area contributed by atoms with Crippen LogP contribution in [0.1, 0.15) is 80.8 Å². The average Bonchev–Trinajstić information content (AvgIpc) is 3.92. The van der Waals surface area contributed by atoms with E-state index < -0.39 is 57.5 Å². The molecule has 6 heterocycles. The number of methoxy groups -OCH3 is 3. The molecule has 2 saturated heterocycles. The maximum atomic E-state index is 15.4. The summed E-state index contributed by atoms with van der Waals surface area (Å²) in [4.78, 5) is 53.1. The van der Waals surface area contributed by atoms with Crippen LogP contribution in [0.5, 0.6) is 5.75 Å². The first-order valence-corrected chi connectivity index (χ1v) is 21.6. The molecular weight excluding hydrogens is 779 g/mol. The fourth-order valence-corrected chi connectivity index (χ4v) is 13.6. The fraction of sp³-hybridized carbons (Fsp3) is 0.574. The van der Waals surface area contributed by atoms with Gasteiger partial charge in [0.05, 0.1) is 44.6 Å². The second-order valence-corrected chi connectivity index (χ2v) is 18.5. The molecule has 1 aliphatic carbocycles. The highest BCUT2D eigenvalue weighted by atomic mass is 16.6. The van der Waals surface area contributed by atoms with Crippen LogP contribution in [0.25, 0.3) is 10.9 Å². The summed E-state index contributed by atoms with van der Waals surface area (Å²) in [5, 5.41) is 36.2. The van der Waals surface area contributed by atoms with Crippen molar-refractivity contribution in [2.75, 3.05) is 66.0 Å². The van der Waals surface area contributed by atoms with Crippen LogP contribution in [0.2, 0.25) is 0 Å². The van der Waals surface area contributed by atoms with Crippen molar-refractivity contribution in [3.8, 4) is 11.8 Å². The number of nitrogens with one attached hydrogen (secondary N) is 1. The molecule has 2 aromatic carbocycles. The smallest absolute Gasteiger partial charge is 0.344 e. The first kappa shape index (κ1) is 41.4. The lowest BCUT2D eigenvalue weighted by Gasteiger charge is -2.63. The first-order chi connectivity index (χ1) is 29.2. The molecule has 2 bridgehead atoms. The number of likely N-dealkylation sites (N-methyl/N-ethyl adjacent to an activating group) is 1. The predicted molar refractivity (Wildman–Crippen MR) is 225 cm³/mol. The van der Waals surface area contributed by atoms with E-state index in [0.29, 0.717) is 93.1 Å². The number of nitriles is 1. The highest BCUT2D eigenvalue weighted by Gasteiger charge is 2.80. The standard InChI is InChI=1S/C47H57N5O9/c1-8-43(56)22-29-23-46(41(54)59-6,37-30(13-17-51(25-29)26-43)31-19-28(24-48)11-12-34(31)49-37)33-20-32-35(21-36(33)58-5)50(4)39-45(32)15-18-52-16-10-14-44(9-2,38(45)52)40(61-27(3)53)47(39,57)42(55)60-7/h10-12,14,19-21,29,38-40,49,56-57H,8-9,13,15-18,22-23,25-26H2,1-7H3/t29-,38+,39-,40-,43+,44-,45-,46+,47+/m1/s1. The van der Waals surface area contributed by atoms with Gasteiger partial charge in [-0.05, 0) is 86.4 Å². The molecule has 1 saturated carbocycles. The predicted octanol–water partition coefficient (Wildman–Crippen LogP) is 3.86. The van der Waals surface area contributed by atoms with Crippen LogP contribution < -0.4 is 9.64 Å². The molecule has 5 aliphatic heterocycles. The number of carbonyl (C=O) groups is 3. The topological polar surface area (TPSA) is 178 Å². The van der Waals surface area contributed by atoms with E-state index in [-0.39, 0.29) is 18.4 Å². The van der Waals surface area contributed by atoms with Gasteiger partial charge in [0.15, 0.2) is 6.10 Å². The molecular formula is C47H57N5O9. The lowest BCUT2D eigenvalue weighted by Crippen LogP contribution is -2.81.